The van der Waals surface area contributed by atoms with Crippen LogP contribution in [0.15, 0.2) is 0 Å². The molecule has 19 heavy (non-hydrogen) atoms. The van der Waals surface area contributed by atoms with E-state index in [2.05, 4.69) is 36.3 Å². The summed E-state index contributed by atoms with van der Waals surface area (Å²) in [5, 5.41) is 6.28. The molecule has 2 atom stereocenters. The van der Waals surface area contributed by atoms with Crippen LogP contribution >= 0.6 is 0 Å². The molecule has 1 aliphatic rings. The van der Waals surface area contributed by atoms with Crippen LogP contribution in [0.3, 0.4) is 0 Å². The van der Waals surface area contributed by atoms with Crippen molar-refractivity contribution >= 4 is 5.91 Å². The fourth-order valence-electron chi connectivity index (χ4n) is 2.73. The zero-order chi connectivity index (χ0) is 14.1. The molecule has 0 saturated carbocycles. The third-order valence-electron chi connectivity index (χ3n) is 3.68. The fraction of sp³-hybridized carbons (Fsp3) is 0.933. The van der Waals surface area contributed by atoms with Gasteiger partial charge in [0, 0.05) is 12.6 Å². The lowest BCUT2D eigenvalue weighted by Crippen LogP contribution is -2.41. The summed E-state index contributed by atoms with van der Waals surface area (Å²) in [4.78, 5) is 14.2. The van der Waals surface area contributed by atoms with E-state index < -0.39 is 0 Å². The molecule has 0 aromatic carbocycles. The molecule has 0 spiro atoms. The van der Waals surface area contributed by atoms with Crippen LogP contribution in [-0.4, -0.2) is 49.6 Å². The second-order valence-corrected chi connectivity index (χ2v) is 6.00. The van der Waals surface area contributed by atoms with Gasteiger partial charge in [0.2, 0.25) is 5.91 Å². The molecule has 4 nitrogen and oxygen atoms in total. The molecule has 2 N–H and O–H groups in total. The van der Waals surface area contributed by atoms with Gasteiger partial charge in [-0.25, -0.2) is 0 Å². The average molecular weight is 269 g/mol. The normalized spacial score (nSPS) is 19.3. The quantitative estimate of drug-likeness (QED) is 0.668. The molecule has 112 valence electrons. The Morgan fingerprint density at radius 2 is 1.95 bits per heavy atom. The Kier molecular flexibility index (Phi) is 8.07. The molecule has 0 radical (unpaired) electrons. The fourth-order valence-corrected chi connectivity index (χ4v) is 2.73. The van der Waals surface area contributed by atoms with Gasteiger partial charge in [-0.1, -0.05) is 20.3 Å². The van der Waals surface area contributed by atoms with Gasteiger partial charge in [-0.15, -0.1) is 0 Å². The highest BCUT2D eigenvalue weighted by atomic mass is 16.1. The molecule has 4 heteroatoms. The summed E-state index contributed by atoms with van der Waals surface area (Å²) in [7, 11) is 0. The monoisotopic (exact) mass is 269 g/mol. The number of nitrogens with zero attached hydrogens (tertiary/aromatic N) is 1. The van der Waals surface area contributed by atoms with E-state index in [1.54, 1.807) is 0 Å². The first kappa shape index (κ1) is 16.4. The van der Waals surface area contributed by atoms with Crippen molar-refractivity contribution in [3.8, 4) is 0 Å². The van der Waals surface area contributed by atoms with Crippen LogP contribution in [0.4, 0.5) is 0 Å². The van der Waals surface area contributed by atoms with E-state index in [0.717, 1.165) is 25.9 Å². The number of hydrogen-bond donors (Lipinski definition) is 2. The maximum Gasteiger partial charge on any atom is 0.234 e. The van der Waals surface area contributed by atoms with E-state index in [1.807, 2.05) is 0 Å². The minimum absolute atomic E-state index is 0.120. The first-order valence-corrected chi connectivity index (χ1v) is 7.84. The van der Waals surface area contributed by atoms with E-state index >= 15 is 0 Å². The number of amides is 1. The van der Waals surface area contributed by atoms with Crippen LogP contribution in [0.5, 0.6) is 0 Å². The Bertz CT molecular complexity index is 252. The molecule has 0 bridgehead atoms. The number of likely N-dealkylation sites (tertiary alicyclic amines) is 1. The van der Waals surface area contributed by atoms with Crippen molar-refractivity contribution in [1.29, 1.82) is 0 Å². The van der Waals surface area contributed by atoms with Gasteiger partial charge in [-0.3, -0.25) is 4.79 Å². The van der Waals surface area contributed by atoms with E-state index in [-0.39, 0.29) is 5.91 Å². The lowest BCUT2D eigenvalue weighted by Gasteiger charge is -2.20. The topological polar surface area (TPSA) is 44.4 Å². The Morgan fingerprint density at radius 3 is 2.58 bits per heavy atom. The molecule has 0 aliphatic carbocycles. The molecule has 1 aliphatic heterocycles. The third kappa shape index (κ3) is 7.53. The summed E-state index contributed by atoms with van der Waals surface area (Å²) in [5.41, 5.74) is 0. The van der Waals surface area contributed by atoms with Crippen molar-refractivity contribution in [2.45, 2.75) is 52.5 Å². The van der Waals surface area contributed by atoms with E-state index in [1.165, 1.54) is 25.9 Å². The smallest absolute Gasteiger partial charge is 0.234 e. The van der Waals surface area contributed by atoms with Gasteiger partial charge in [0.05, 0.1) is 6.54 Å². The number of hydrogen-bond acceptors (Lipinski definition) is 3. The Labute approximate surface area is 118 Å². The lowest BCUT2D eigenvalue weighted by atomic mass is 10.1. The van der Waals surface area contributed by atoms with Gasteiger partial charge >= 0.3 is 0 Å². The third-order valence-corrected chi connectivity index (χ3v) is 3.68. The van der Waals surface area contributed by atoms with Gasteiger partial charge in [-0.05, 0) is 51.7 Å². The number of carbonyl (C=O) groups is 1. The minimum Gasteiger partial charge on any atom is -0.353 e. The summed E-state index contributed by atoms with van der Waals surface area (Å²) in [6.07, 6.45) is 4.86. The van der Waals surface area contributed by atoms with Crippen molar-refractivity contribution in [2.75, 3.05) is 32.7 Å². The van der Waals surface area contributed by atoms with Crippen molar-refractivity contribution in [1.82, 2.24) is 15.5 Å². The van der Waals surface area contributed by atoms with Crippen LogP contribution in [0, 0.1) is 5.92 Å². The molecule has 0 aromatic heterocycles. The largest absolute Gasteiger partial charge is 0.353 e. The Balaban J connectivity index is 2.03. The number of nitrogens with one attached hydrogen (secondary N) is 2. The molecule has 1 fully saturated rings. The van der Waals surface area contributed by atoms with Gasteiger partial charge in [-0.2, -0.15) is 0 Å². The molecule has 1 amide bonds. The maximum atomic E-state index is 11.7. The molecule has 1 heterocycles. The highest BCUT2D eigenvalue weighted by molar-refractivity contribution is 5.78. The molecule has 1 rings (SSSR count). The predicted octanol–water partition coefficient (Wildman–Crippen LogP) is 1.61. The van der Waals surface area contributed by atoms with Gasteiger partial charge in [0.1, 0.15) is 0 Å². The lowest BCUT2D eigenvalue weighted by molar-refractivity contribution is -0.120. The van der Waals surface area contributed by atoms with Crippen LogP contribution in [-0.2, 0) is 4.79 Å². The number of carbonyl (C=O) groups excluding carboxylic acids is 1. The molecular weight excluding hydrogens is 238 g/mol. The summed E-state index contributed by atoms with van der Waals surface area (Å²) < 4.78 is 0. The second kappa shape index (κ2) is 9.32. The highest BCUT2D eigenvalue weighted by Crippen LogP contribution is 2.09. The van der Waals surface area contributed by atoms with E-state index in [9.17, 15) is 4.79 Å². The molecule has 2 unspecified atom stereocenters. The Morgan fingerprint density at radius 1 is 1.26 bits per heavy atom. The summed E-state index contributed by atoms with van der Waals surface area (Å²) in [6, 6.07) is 0.293. The van der Waals surface area contributed by atoms with E-state index in [0.29, 0.717) is 18.5 Å². The summed E-state index contributed by atoms with van der Waals surface area (Å²) in [6.45, 7) is 11.5. The van der Waals surface area contributed by atoms with Crippen molar-refractivity contribution in [2.24, 2.45) is 5.92 Å². The maximum absolute atomic E-state index is 11.7. The predicted molar refractivity (Wildman–Crippen MR) is 80.2 cm³/mol. The van der Waals surface area contributed by atoms with Crippen LogP contribution in [0.1, 0.15) is 46.5 Å². The first-order valence-electron chi connectivity index (χ1n) is 7.84. The van der Waals surface area contributed by atoms with Crippen LogP contribution in [0.2, 0.25) is 0 Å². The van der Waals surface area contributed by atoms with E-state index in [4.69, 9.17) is 0 Å². The zero-order valence-corrected chi connectivity index (χ0v) is 12.9. The minimum atomic E-state index is 0.120. The standard InChI is InChI=1S/C15H31N3O/c1-4-7-14(3)17-15(19)11-16-10-13(2)12-18-8-5-6-9-18/h13-14,16H,4-12H2,1-3H3,(H,17,19). The SMILES string of the molecule is CCCC(C)NC(=O)CNCC(C)CN1CCCC1. The van der Waals surface area contributed by atoms with Crippen molar-refractivity contribution in [3.63, 3.8) is 0 Å². The molecular formula is C15H31N3O. The van der Waals surface area contributed by atoms with Gasteiger partial charge < -0.3 is 15.5 Å². The number of rotatable bonds is 9. The first-order chi connectivity index (χ1) is 9.11. The summed E-state index contributed by atoms with van der Waals surface area (Å²) >= 11 is 0. The zero-order valence-electron chi connectivity index (χ0n) is 12.9. The molecule has 0 aromatic rings. The summed E-state index contributed by atoms with van der Waals surface area (Å²) in [5.74, 6) is 0.730. The highest BCUT2D eigenvalue weighted by Gasteiger charge is 2.14. The van der Waals surface area contributed by atoms with Crippen molar-refractivity contribution in [3.05, 3.63) is 0 Å². The van der Waals surface area contributed by atoms with Crippen LogP contribution < -0.4 is 10.6 Å². The second-order valence-electron chi connectivity index (χ2n) is 6.00. The van der Waals surface area contributed by atoms with Gasteiger partial charge in [0.15, 0.2) is 0 Å². The van der Waals surface area contributed by atoms with Crippen molar-refractivity contribution < 1.29 is 4.79 Å². The Hall–Kier alpha value is -0.610. The average Bonchev–Trinajstić information content (AvgIpc) is 2.81. The van der Waals surface area contributed by atoms with Gasteiger partial charge in [0.25, 0.3) is 0 Å². The molecule has 1 saturated heterocycles. The van der Waals surface area contributed by atoms with Crippen LogP contribution in [0.25, 0.3) is 0 Å².